The normalized spacial score (nSPS) is 11.9. The van der Waals surface area contributed by atoms with Crippen LogP contribution in [0, 0.1) is 17.8 Å². The van der Waals surface area contributed by atoms with Crippen LogP contribution in [0.25, 0.3) is 0 Å². The predicted octanol–water partition coefficient (Wildman–Crippen LogP) is 16.1. The van der Waals surface area contributed by atoms with E-state index in [1.165, 1.54) is 186 Å². The number of ether oxygens (including phenoxy) is 2. The van der Waals surface area contributed by atoms with Gasteiger partial charge in [-0.2, -0.15) is 0 Å². The summed E-state index contributed by atoms with van der Waals surface area (Å²) in [5, 5.41) is 9.87. The lowest BCUT2D eigenvalue weighted by molar-refractivity contribution is -0.146. The van der Waals surface area contributed by atoms with Crippen LogP contribution in [-0.4, -0.2) is 85.9 Å². The van der Waals surface area contributed by atoms with E-state index in [9.17, 15) is 14.7 Å². The third-order valence-electron chi connectivity index (χ3n) is 13.7. The molecule has 0 amide bonds. The molecule has 0 rings (SSSR count). The molecule has 0 fully saturated rings. The van der Waals surface area contributed by atoms with Gasteiger partial charge in [0.15, 0.2) is 0 Å². The third kappa shape index (κ3) is 44.6. The number of carbonyl (C=O) groups excluding carboxylic acids is 2. The number of hydrogen-bond donors (Lipinski definition) is 1. The van der Waals surface area contributed by atoms with Gasteiger partial charge in [0.2, 0.25) is 0 Å². The Morgan fingerprint density at radius 3 is 1.02 bits per heavy atom. The van der Waals surface area contributed by atoms with Crippen molar-refractivity contribution in [3.05, 3.63) is 0 Å². The van der Waals surface area contributed by atoms with Gasteiger partial charge in [-0.25, -0.2) is 0 Å². The highest BCUT2D eigenvalue weighted by Gasteiger charge is 2.15. The minimum Gasteiger partial charge on any atom is -0.465 e. The molecule has 7 heteroatoms. The summed E-state index contributed by atoms with van der Waals surface area (Å²) in [7, 11) is 0. The topological polar surface area (TPSA) is 79.3 Å². The molecule has 0 aromatic heterocycles. The molecular formula is C57H114N2O5. The number of rotatable bonds is 52. The summed E-state index contributed by atoms with van der Waals surface area (Å²) < 4.78 is 11.8. The number of nitrogens with zero attached hydrogens (tertiary/aromatic N) is 2. The zero-order chi connectivity index (χ0) is 47.0. The molecule has 0 aromatic carbocycles. The maximum atomic E-state index is 12.8. The first-order valence-corrected chi connectivity index (χ1v) is 28.7. The molecular weight excluding hydrogens is 793 g/mol. The van der Waals surface area contributed by atoms with E-state index in [2.05, 4.69) is 51.3 Å². The molecule has 382 valence electrons. The van der Waals surface area contributed by atoms with Crippen LogP contribution in [0.2, 0.25) is 0 Å². The molecule has 0 aliphatic heterocycles. The summed E-state index contributed by atoms with van der Waals surface area (Å²) in [6.07, 6.45) is 44.6. The third-order valence-corrected chi connectivity index (χ3v) is 13.7. The van der Waals surface area contributed by atoms with E-state index >= 15 is 0 Å². The average Bonchev–Trinajstić information content (AvgIpc) is 3.28. The van der Waals surface area contributed by atoms with Gasteiger partial charge < -0.3 is 19.5 Å². The Morgan fingerprint density at radius 1 is 0.375 bits per heavy atom. The van der Waals surface area contributed by atoms with Gasteiger partial charge in [-0.05, 0) is 95.2 Å². The van der Waals surface area contributed by atoms with Crippen LogP contribution in [0.4, 0.5) is 0 Å². The van der Waals surface area contributed by atoms with Crippen molar-refractivity contribution in [2.24, 2.45) is 17.8 Å². The maximum absolute atomic E-state index is 12.8. The van der Waals surface area contributed by atoms with Crippen molar-refractivity contribution < 1.29 is 24.2 Å². The molecule has 0 saturated heterocycles. The Labute approximate surface area is 400 Å². The van der Waals surface area contributed by atoms with Crippen molar-refractivity contribution in [1.82, 2.24) is 9.80 Å². The van der Waals surface area contributed by atoms with Crippen LogP contribution in [0.15, 0.2) is 0 Å². The second-order valence-corrected chi connectivity index (χ2v) is 20.5. The van der Waals surface area contributed by atoms with Gasteiger partial charge in [-0.15, -0.1) is 0 Å². The van der Waals surface area contributed by atoms with Gasteiger partial charge in [-0.3, -0.25) is 14.5 Å². The van der Waals surface area contributed by atoms with E-state index in [0.717, 1.165) is 71.2 Å². The SMILES string of the molecule is CCCCCCCCC(CCCCCCCC)COC(=O)CCCCCN(CCO)CCN(CCCCCC(=O)OCC(CCCCCCCC)CCCCCCCC)CCC(C)C. The molecule has 0 bridgehead atoms. The highest BCUT2D eigenvalue weighted by atomic mass is 16.5. The van der Waals surface area contributed by atoms with E-state index in [-0.39, 0.29) is 18.5 Å². The first kappa shape index (κ1) is 62.8. The van der Waals surface area contributed by atoms with Crippen LogP contribution >= 0.6 is 0 Å². The average molecular weight is 908 g/mol. The standard InChI is InChI=1S/C57H114N2O5/c1-7-11-15-19-23-29-37-54(38-30-24-20-16-12-8-2)51-63-56(61)41-33-27-35-44-58(46-43-53(5)6)47-48-59(49-50-60)45-36-28-34-42-57(62)64-52-55(39-31-25-21-17-13-9-3)40-32-26-22-18-14-10-4/h53-55,60H,7-52H2,1-6H3. The quantitative estimate of drug-likeness (QED) is 0.0481. The Kier molecular flexibility index (Phi) is 48.8. The number of unbranched alkanes of at least 4 members (excludes halogenated alkanes) is 24. The van der Waals surface area contributed by atoms with Crippen LogP contribution in [0.5, 0.6) is 0 Å². The van der Waals surface area contributed by atoms with Gasteiger partial charge in [0, 0.05) is 32.5 Å². The summed E-state index contributed by atoms with van der Waals surface area (Å²) in [6.45, 7) is 20.8. The monoisotopic (exact) mass is 907 g/mol. The molecule has 0 unspecified atom stereocenters. The van der Waals surface area contributed by atoms with Crippen molar-refractivity contribution >= 4 is 11.9 Å². The maximum Gasteiger partial charge on any atom is 0.305 e. The Bertz CT molecular complexity index is 930. The van der Waals surface area contributed by atoms with E-state index < -0.39 is 0 Å². The first-order valence-electron chi connectivity index (χ1n) is 28.7. The number of aliphatic hydroxyl groups excluding tert-OH is 1. The molecule has 0 aliphatic rings. The number of hydrogen-bond acceptors (Lipinski definition) is 7. The van der Waals surface area contributed by atoms with Crippen molar-refractivity contribution in [3.8, 4) is 0 Å². The predicted molar refractivity (Wildman–Crippen MR) is 277 cm³/mol. The zero-order valence-corrected chi connectivity index (χ0v) is 44.2. The summed E-state index contributed by atoms with van der Waals surface area (Å²) in [5.74, 6) is 1.67. The van der Waals surface area contributed by atoms with Gasteiger partial charge in [0.05, 0.1) is 19.8 Å². The van der Waals surface area contributed by atoms with Gasteiger partial charge in [-0.1, -0.05) is 208 Å². The molecule has 0 aliphatic carbocycles. The molecule has 64 heavy (non-hydrogen) atoms. The number of aliphatic hydroxyl groups is 1. The van der Waals surface area contributed by atoms with E-state index in [4.69, 9.17) is 9.47 Å². The molecule has 1 N–H and O–H groups in total. The molecule has 0 saturated carbocycles. The van der Waals surface area contributed by atoms with Gasteiger partial charge >= 0.3 is 11.9 Å². The van der Waals surface area contributed by atoms with Crippen molar-refractivity contribution in [2.75, 3.05) is 59.1 Å². The van der Waals surface area contributed by atoms with Gasteiger partial charge in [0.1, 0.15) is 0 Å². The lowest BCUT2D eigenvalue weighted by Gasteiger charge is -2.28. The lowest BCUT2D eigenvalue weighted by Crippen LogP contribution is -2.38. The second-order valence-electron chi connectivity index (χ2n) is 20.5. The smallest absolute Gasteiger partial charge is 0.305 e. The van der Waals surface area contributed by atoms with Crippen LogP contribution in [0.1, 0.15) is 279 Å². The molecule has 0 atom stereocenters. The summed E-state index contributed by atoms with van der Waals surface area (Å²) in [6, 6.07) is 0. The van der Waals surface area contributed by atoms with Crippen molar-refractivity contribution in [3.63, 3.8) is 0 Å². The van der Waals surface area contributed by atoms with Crippen molar-refractivity contribution in [2.45, 2.75) is 279 Å². The lowest BCUT2D eigenvalue weighted by atomic mass is 9.94. The largest absolute Gasteiger partial charge is 0.465 e. The van der Waals surface area contributed by atoms with E-state index in [1.807, 2.05) is 0 Å². The second kappa shape index (κ2) is 49.7. The number of esters is 2. The molecule has 0 aromatic rings. The van der Waals surface area contributed by atoms with Crippen LogP contribution in [-0.2, 0) is 19.1 Å². The molecule has 7 nitrogen and oxygen atoms in total. The van der Waals surface area contributed by atoms with Crippen molar-refractivity contribution in [1.29, 1.82) is 0 Å². The fraction of sp³-hybridized carbons (Fsp3) is 0.965. The van der Waals surface area contributed by atoms with Crippen LogP contribution in [0.3, 0.4) is 0 Å². The fourth-order valence-electron chi connectivity index (χ4n) is 9.14. The Morgan fingerprint density at radius 2 is 0.688 bits per heavy atom. The minimum absolute atomic E-state index is 0.00432. The molecule has 0 spiro atoms. The molecule has 0 heterocycles. The number of carbonyl (C=O) groups is 2. The Hall–Kier alpha value is -1.18. The summed E-state index contributed by atoms with van der Waals surface area (Å²) in [4.78, 5) is 30.6. The first-order chi connectivity index (χ1) is 31.3. The highest BCUT2D eigenvalue weighted by molar-refractivity contribution is 5.69. The van der Waals surface area contributed by atoms with E-state index in [0.29, 0.717) is 50.4 Å². The summed E-state index contributed by atoms with van der Waals surface area (Å²) >= 11 is 0. The summed E-state index contributed by atoms with van der Waals surface area (Å²) in [5.41, 5.74) is 0. The zero-order valence-electron chi connectivity index (χ0n) is 44.2. The Balaban J connectivity index is 4.64. The minimum atomic E-state index is -0.0213. The molecule has 0 radical (unpaired) electrons. The fourth-order valence-corrected chi connectivity index (χ4v) is 9.14. The van der Waals surface area contributed by atoms with E-state index in [1.54, 1.807) is 0 Å². The van der Waals surface area contributed by atoms with Gasteiger partial charge in [0.25, 0.3) is 0 Å². The van der Waals surface area contributed by atoms with Crippen LogP contribution < -0.4 is 0 Å². The highest BCUT2D eigenvalue weighted by Crippen LogP contribution is 2.22.